The van der Waals surface area contributed by atoms with Crippen LogP contribution < -0.4 is 20.5 Å². The quantitative estimate of drug-likeness (QED) is 0.161. The van der Waals surface area contributed by atoms with Crippen molar-refractivity contribution in [1.29, 1.82) is 0 Å². The fourth-order valence-electron chi connectivity index (χ4n) is 8.17. The number of hydrogen-bond acceptors (Lipinski definition) is 8. The maximum absolute atomic E-state index is 16.9. The summed E-state index contributed by atoms with van der Waals surface area (Å²) in [5.74, 6) is -2.41. The second-order valence-corrected chi connectivity index (χ2v) is 14.5. The van der Waals surface area contributed by atoms with Gasteiger partial charge in [-0.2, -0.15) is 23.1 Å². The first kappa shape index (κ1) is 31.4. The number of aromatic nitrogens is 2. The van der Waals surface area contributed by atoms with Crippen molar-refractivity contribution in [2.24, 2.45) is 5.41 Å². The Morgan fingerprint density at radius 3 is 2.69 bits per heavy atom. The van der Waals surface area contributed by atoms with E-state index >= 15 is 4.39 Å². The zero-order valence-electron chi connectivity index (χ0n) is 25.5. The number of nitrogens with zero attached hydrogens (tertiary/aromatic N) is 4. The van der Waals surface area contributed by atoms with Crippen LogP contribution in [-0.4, -0.2) is 65.5 Å². The number of thiophene rings is 1. The molecule has 4 aromatic rings. The highest BCUT2D eigenvalue weighted by Crippen LogP contribution is 2.51. The molecule has 48 heavy (non-hydrogen) atoms. The van der Waals surface area contributed by atoms with Crippen LogP contribution in [0.4, 0.5) is 37.0 Å². The molecule has 3 atom stereocenters. The number of benzene rings is 2. The first-order chi connectivity index (χ1) is 22.9. The zero-order chi connectivity index (χ0) is 33.6. The van der Waals surface area contributed by atoms with Gasteiger partial charge in [-0.3, -0.25) is 4.90 Å². The minimum absolute atomic E-state index is 0.00676. The third-order valence-electron chi connectivity index (χ3n) is 10.5. The highest BCUT2D eigenvalue weighted by Gasteiger charge is 2.50. The van der Waals surface area contributed by atoms with E-state index < -0.39 is 46.2 Å². The fourth-order valence-corrected chi connectivity index (χ4v) is 9.11. The smallest absolute Gasteiger partial charge is 0.417 e. The Balaban J connectivity index is 1.30. The topological polar surface area (TPSA) is 89.9 Å². The molecule has 5 heterocycles. The number of rotatable bonds is 6. The number of fused-ring (bicyclic) bond motifs is 3. The highest BCUT2D eigenvalue weighted by molar-refractivity contribution is 7.23. The normalized spacial score (nSPS) is 25.1. The van der Waals surface area contributed by atoms with E-state index in [1.54, 1.807) is 0 Å². The molecule has 3 N–H and O–H groups in total. The highest BCUT2D eigenvalue weighted by atomic mass is 32.1. The maximum Gasteiger partial charge on any atom is 0.417 e. The molecule has 3 saturated heterocycles. The molecule has 0 radical (unpaired) electrons. The lowest BCUT2D eigenvalue weighted by Gasteiger charge is -2.39. The minimum atomic E-state index is -5.08. The molecule has 0 amide bonds. The van der Waals surface area contributed by atoms with E-state index in [1.807, 2.05) is 4.90 Å². The second-order valence-electron chi connectivity index (χ2n) is 13.5. The SMILES string of the molecule is [C-]#[N+]c1c(N)sc2c(F)ccc(-c3c(C(F)(F)F)cc4c(OC5CCC6(CNC6)C5)nc(OCC56CCCN5CC(F)C6)nc4c3F)c12. The molecule has 8 rings (SSSR count). The van der Waals surface area contributed by atoms with Crippen molar-refractivity contribution < 1.29 is 35.8 Å². The molecule has 2 aromatic carbocycles. The van der Waals surface area contributed by atoms with Crippen LogP contribution in [-0.2, 0) is 6.18 Å². The van der Waals surface area contributed by atoms with Crippen LogP contribution in [0.3, 0.4) is 0 Å². The van der Waals surface area contributed by atoms with Gasteiger partial charge in [0.1, 0.15) is 30.2 Å². The van der Waals surface area contributed by atoms with Crippen molar-refractivity contribution in [3.8, 4) is 23.0 Å². The summed E-state index contributed by atoms with van der Waals surface area (Å²) in [7, 11) is 0. The summed E-state index contributed by atoms with van der Waals surface area (Å²) in [5, 5.41) is 2.63. The van der Waals surface area contributed by atoms with E-state index in [-0.39, 0.29) is 74.7 Å². The number of anilines is 1. The van der Waals surface area contributed by atoms with E-state index in [9.17, 15) is 22.0 Å². The summed E-state index contributed by atoms with van der Waals surface area (Å²) < 4.78 is 103. The van der Waals surface area contributed by atoms with Crippen molar-refractivity contribution in [3.63, 3.8) is 0 Å². The van der Waals surface area contributed by atoms with Crippen LogP contribution in [0.1, 0.15) is 44.1 Å². The predicted octanol–water partition coefficient (Wildman–Crippen LogP) is 7.42. The number of alkyl halides is 4. The molecule has 15 heteroatoms. The Morgan fingerprint density at radius 2 is 1.98 bits per heavy atom. The van der Waals surface area contributed by atoms with Gasteiger partial charge in [-0.25, -0.2) is 18.0 Å². The van der Waals surface area contributed by atoms with Crippen molar-refractivity contribution in [1.82, 2.24) is 20.2 Å². The van der Waals surface area contributed by atoms with Gasteiger partial charge in [-0.05, 0) is 61.8 Å². The van der Waals surface area contributed by atoms with E-state index in [1.165, 1.54) is 0 Å². The van der Waals surface area contributed by atoms with E-state index in [4.69, 9.17) is 21.8 Å². The Labute approximate surface area is 275 Å². The molecule has 1 spiro atoms. The first-order valence-electron chi connectivity index (χ1n) is 15.8. The fraction of sp³-hybridized carbons (Fsp3) is 0.485. The molecule has 3 aliphatic heterocycles. The Bertz CT molecular complexity index is 2010. The molecular weight excluding hydrogens is 658 g/mol. The lowest BCUT2D eigenvalue weighted by molar-refractivity contribution is -0.137. The van der Waals surface area contributed by atoms with E-state index in [0.717, 1.165) is 44.1 Å². The third-order valence-corrected chi connectivity index (χ3v) is 11.5. The summed E-state index contributed by atoms with van der Waals surface area (Å²) in [4.78, 5) is 14.0. The number of nitrogen functional groups attached to an aromatic ring is 1. The summed E-state index contributed by atoms with van der Waals surface area (Å²) in [6, 6.07) is 2.37. The largest absolute Gasteiger partial charge is 0.474 e. The summed E-state index contributed by atoms with van der Waals surface area (Å²) in [6.07, 6.45) is -2.55. The van der Waals surface area contributed by atoms with Gasteiger partial charge in [-0.1, -0.05) is 6.07 Å². The lowest BCUT2D eigenvalue weighted by atomic mass is 9.80. The van der Waals surface area contributed by atoms with E-state index in [2.05, 4.69) is 20.1 Å². The average Bonchev–Trinajstić information content (AvgIpc) is 3.77. The van der Waals surface area contributed by atoms with Gasteiger partial charge in [0.25, 0.3) is 0 Å². The zero-order valence-corrected chi connectivity index (χ0v) is 26.3. The molecule has 1 saturated carbocycles. The van der Waals surface area contributed by atoms with E-state index in [0.29, 0.717) is 37.1 Å². The average molecular weight is 689 g/mol. The summed E-state index contributed by atoms with van der Waals surface area (Å²) in [6.45, 7) is 10.2. The predicted molar refractivity (Wildman–Crippen MR) is 168 cm³/mol. The Hall–Kier alpha value is -3.87. The van der Waals surface area contributed by atoms with Gasteiger partial charge < -0.3 is 20.5 Å². The van der Waals surface area contributed by atoms with Gasteiger partial charge in [0.2, 0.25) is 11.6 Å². The lowest BCUT2D eigenvalue weighted by Crippen LogP contribution is -2.52. The first-order valence-corrected chi connectivity index (χ1v) is 16.6. The van der Waals surface area contributed by atoms with Crippen molar-refractivity contribution >= 4 is 43.0 Å². The molecule has 4 aliphatic rings. The summed E-state index contributed by atoms with van der Waals surface area (Å²) in [5.41, 5.74) is 2.02. The summed E-state index contributed by atoms with van der Waals surface area (Å²) >= 11 is 0.701. The molecule has 4 fully saturated rings. The van der Waals surface area contributed by atoms with Gasteiger partial charge in [-0.15, -0.1) is 11.3 Å². The van der Waals surface area contributed by atoms with Crippen LogP contribution in [0.25, 0.3) is 37.0 Å². The van der Waals surface area contributed by atoms with Gasteiger partial charge >= 0.3 is 12.2 Å². The van der Waals surface area contributed by atoms with Crippen LogP contribution in [0.5, 0.6) is 11.9 Å². The number of ether oxygens (including phenoxy) is 2. The maximum atomic E-state index is 16.9. The minimum Gasteiger partial charge on any atom is -0.474 e. The number of nitrogens with one attached hydrogen (secondary N) is 1. The Kier molecular flexibility index (Phi) is 7.25. The Morgan fingerprint density at radius 1 is 1.17 bits per heavy atom. The van der Waals surface area contributed by atoms with Crippen molar-refractivity contribution in [3.05, 3.63) is 46.8 Å². The van der Waals surface area contributed by atoms with Gasteiger partial charge in [0, 0.05) is 37.0 Å². The monoisotopic (exact) mass is 688 g/mol. The number of nitrogens with two attached hydrogens (primary N) is 1. The molecule has 3 unspecified atom stereocenters. The van der Waals surface area contributed by atoms with Crippen LogP contribution in [0.15, 0.2) is 18.2 Å². The number of hydrogen-bond donors (Lipinski definition) is 2. The van der Waals surface area contributed by atoms with Crippen LogP contribution in [0, 0.1) is 23.6 Å². The molecule has 252 valence electrons. The van der Waals surface area contributed by atoms with Crippen LogP contribution >= 0.6 is 11.3 Å². The van der Waals surface area contributed by atoms with Crippen molar-refractivity contribution in [2.75, 3.05) is 38.5 Å². The number of halogens is 6. The molecule has 2 aromatic heterocycles. The third kappa shape index (κ3) is 4.94. The van der Waals surface area contributed by atoms with Gasteiger partial charge in [0.05, 0.1) is 32.8 Å². The molecule has 8 nitrogen and oxygen atoms in total. The standard InChI is InChI=1S/C33H30F6N6O2S/c1-41-26-23-18(3-4-21(35)27(23)48-28(26)40)22-20(33(37,38)39)9-19-25(24(22)36)43-30(46-15-32-6-2-8-45(32)12-16(34)10-32)44-29(19)47-17-5-7-31(11-17)13-42-14-31/h3-4,9,16-17,42H,2,5-8,10-15,40H2. The second kappa shape index (κ2) is 11.1. The molecular formula is C33H30F6N6O2S. The van der Waals surface area contributed by atoms with Gasteiger partial charge in [0.15, 0.2) is 5.82 Å². The van der Waals surface area contributed by atoms with Crippen molar-refractivity contribution in [2.45, 2.75) is 62.5 Å². The molecule has 1 aliphatic carbocycles. The van der Waals surface area contributed by atoms with Crippen LogP contribution in [0.2, 0.25) is 0 Å². The molecule has 0 bridgehead atoms.